The van der Waals surface area contributed by atoms with E-state index in [1.165, 1.54) is 0 Å². The Morgan fingerprint density at radius 1 is 0.404 bits per heavy atom. The minimum absolute atomic E-state index is 0.0649. The molecule has 4 heterocycles. The van der Waals surface area contributed by atoms with Crippen LogP contribution in [0.1, 0.15) is 13.7 Å². The molecule has 266 valence electrons. The zero-order valence-corrected chi connectivity index (χ0v) is 29.7. The molecule has 0 radical (unpaired) electrons. The lowest BCUT2D eigenvalue weighted by Gasteiger charge is -2.09. The Morgan fingerprint density at radius 2 is 1.02 bits per heavy atom. The first-order valence-electron chi connectivity index (χ1n) is 23.2. The van der Waals surface area contributed by atoms with Crippen LogP contribution in [0, 0.1) is 0 Å². The molecular weight excluding hydrogens is 701 g/mol. The van der Waals surface area contributed by atoms with Gasteiger partial charge in [-0.05, 0) is 77.8 Å². The van der Waals surface area contributed by atoms with Crippen molar-refractivity contribution in [3.8, 4) is 51.0 Å². The number of hydrogen-bond acceptors (Lipinski definition) is 5. The fraction of sp³-hybridized carbons (Fsp3) is 0. The SMILES string of the molecule is [2H]c1c([2H])c([2H])c(-c2nc(-c3ccc4c(c3)oc3ccccc34)nc(-c3cccc4oc5ccc(-c6ccc7c(c6)c6ccccc6n7-c6c([2H])c([2H])c([2H])c([2H])c6[2H])cc5c34)n2)c([2H])c1[2H]. The molecule has 6 nitrogen and oxygen atoms in total. The van der Waals surface area contributed by atoms with Crippen LogP contribution >= 0.6 is 0 Å². The molecule has 0 fully saturated rings. The molecule has 0 spiro atoms. The van der Waals surface area contributed by atoms with E-state index in [1.54, 1.807) is 4.57 Å². The molecule has 0 amide bonds. The average Bonchev–Trinajstić information content (AvgIpc) is 4.03. The third-order valence-corrected chi connectivity index (χ3v) is 10.4. The summed E-state index contributed by atoms with van der Waals surface area (Å²) in [5.41, 5.74) is 6.46. The van der Waals surface area contributed by atoms with Gasteiger partial charge in [0.1, 0.15) is 22.3 Å². The van der Waals surface area contributed by atoms with E-state index in [0.717, 1.165) is 38.1 Å². The summed E-state index contributed by atoms with van der Waals surface area (Å²) in [6.07, 6.45) is 0. The third-order valence-electron chi connectivity index (χ3n) is 10.4. The second-order valence-electron chi connectivity index (χ2n) is 13.7. The summed E-state index contributed by atoms with van der Waals surface area (Å²) in [5.74, 6) is 0.260. The van der Waals surface area contributed by atoms with Gasteiger partial charge in [-0.1, -0.05) is 115 Å². The van der Waals surface area contributed by atoms with Crippen molar-refractivity contribution in [2.75, 3.05) is 0 Å². The Bertz CT molecular complexity index is 4080. The molecule has 0 atom stereocenters. The summed E-state index contributed by atoms with van der Waals surface area (Å²) < 4.78 is 99.8. The van der Waals surface area contributed by atoms with Gasteiger partial charge in [0.15, 0.2) is 17.5 Å². The fourth-order valence-corrected chi connectivity index (χ4v) is 7.91. The molecule has 57 heavy (non-hydrogen) atoms. The minimum Gasteiger partial charge on any atom is -0.456 e. The van der Waals surface area contributed by atoms with Crippen LogP contribution in [0.5, 0.6) is 0 Å². The zero-order valence-electron chi connectivity index (χ0n) is 39.7. The van der Waals surface area contributed by atoms with Crippen LogP contribution in [0.4, 0.5) is 0 Å². The van der Waals surface area contributed by atoms with Crippen LogP contribution in [0.25, 0.3) is 117 Å². The van der Waals surface area contributed by atoms with E-state index >= 15 is 0 Å². The molecule has 4 aromatic heterocycles. The highest BCUT2D eigenvalue weighted by Crippen LogP contribution is 2.40. The lowest BCUT2D eigenvalue weighted by atomic mass is 9.99. The van der Waals surface area contributed by atoms with Gasteiger partial charge in [0, 0.05) is 54.7 Å². The molecule has 0 aliphatic heterocycles. The number of aromatic nitrogens is 4. The van der Waals surface area contributed by atoms with Crippen molar-refractivity contribution >= 4 is 65.7 Å². The highest BCUT2D eigenvalue weighted by atomic mass is 16.3. The maximum atomic E-state index is 8.85. The third kappa shape index (κ3) is 5.01. The van der Waals surface area contributed by atoms with E-state index in [2.05, 4.69) is 0 Å². The summed E-state index contributed by atoms with van der Waals surface area (Å²) in [6, 6.07) is 33.7. The smallest absolute Gasteiger partial charge is 0.164 e. The topological polar surface area (TPSA) is 69.9 Å². The van der Waals surface area contributed by atoms with Crippen LogP contribution in [-0.4, -0.2) is 19.5 Å². The highest BCUT2D eigenvalue weighted by molar-refractivity contribution is 6.14. The fourth-order valence-electron chi connectivity index (χ4n) is 7.91. The van der Waals surface area contributed by atoms with Gasteiger partial charge in [-0.2, -0.15) is 0 Å². The largest absolute Gasteiger partial charge is 0.456 e. The van der Waals surface area contributed by atoms with E-state index < -0.39 is 48.3 Å². The van der Waals surface area contributed by atoms with E-state index in [-0.39, 0.29) is 40.8 Å². The van der Waals surface area contributed by atoms with Crippen LogP contribution in [0.2, 0.25) is 0 Å². The molecule has 0 unspecified atom stereocenters. The molecule has 8 aromatic carbocycles. The van der Waals surface area contributed by atoms with E-state index in [4.69, 9.17) is 37.5 Å². The van der Waals surface area contributed by atoms with Gasteiger partial charge in [0.05, 0.1) is 24.7 Å². The number of benzene rings is 8. The van der Waals surface area contributed by atoms with Gasteiger partial charge in [0.2, 0.25) is 0 Å². The first-order valence-corrected chi connectivity index (χ1v) is 18.2. The molecule has 0 N–H and O–H groups in total. The molecular formula is C51H30N4O2. The summed E-state index contributed by atoms with van der Waals surface area (Å²) in [5, 5.41) is 4.90. The van der Waals surface area contributed by atoms with Gasteiger partial charge in [-0.3, -0.25) is 0 Å². The lowest BCUT2D eigenvalue weighted by molar-refractivity contribution is 0.668. The predicted molar refractivity (Wildman–Crippen MR) is 230 cm³/mol. The summed E-state index contributed by atoms with van der Waals surface area (Å²) in [4.78, 5) is 14.6. The number of nitrogens with zero attached hydrogens (tertiary/aromatic N) is 4. The average molecular weight is 741 g/mol. The molecule has 0 bridgehead atoms. The van der Waals surface area contributed by atoms with Crippen molar-refractivity contribution in [1.29, 1.82) is 0 Å². The van der Waals surface area contributed by atoms with Crippen molar-refractivity contribution in [2.24, 2.45) is 0 Å². The van der Waals surface area contributed by atoms with E-state index in [9.17, 15) is 0 Å². The lowest BCUT2D eigenvalue weighted by Crippen LogP contribution is -2.00. The molecule has 0 saturated heterocycles. The minimum atomic E-state index is -0.534. The van der Waals surface area contributed by atoms with Crippen molar-refractivity contribution in [2.45, 2.75) is 0 Å². The summed E-state index contributed by atoms with van der Waals surface area (Å²) in [7, 11) is 0. The number of rotatable bonds is 5. The van der Waals surface area contributed by atoms with Crippen LogP contribution < -0.4 is 0 Å². The molecule has 12 aromatic rings. The molecule has 0 aliphatic carbocycles. The van der Waals surface area contributed by atoms with Gasteiger partial charge in [-0.15, -0.1) is 0 Å². The number of para-hydroxylation sites is 3. The Hall–Kier alpha value is -7.83. The maximum absolute atomic E-state index is 8.85. The Labute approximate surface area is 340 Å². The zero-order chi connectivity index (χ0) is 46.2. The van der Waals surface area contributed by atoms with Crippen molar-refractivity contribution in [3.05, 3.63) is 182 Å². The standard InChI is InChI=1S/C51H30N4O2/c1-3-12-31(13-4-1)49-52-50(34-22-25-38-37-17-8-10-20-44(37)57-47(38)30-34)54-51(53-49)39-18-11-21-46-48(39)41-29-33(24-27-45(41)56-46)32-23-26-43-40(28-32)36-16-7-9-19-42(36)55(43)35-14-5-2-6-15-35/h1-30H/i1D,2D,3D,4D,5D,6D,12D,13D,14D,15D. The molecule has 12 rings (SSSR count). The van der Waals surface area contributed by atoms with E-state index in [1.807, 2.05) is 121 Å². The van der Waals surface area contributed by atoms with E-state index in [0.29, 0.717) is 49.9 Å². The number of furan rings is 2. The Balaban J connectivity index is 1.06. The van der Waals surface area contributed by atoms with Crippen molar-refractivity contribution in [1.82, 2.24) is 19.5 Å². The highest BCUT2D eigenvalue weighted by Gasteiger charge is 2.20. The van der Waals surface area contributed by atoms with Gasteiger partial charge < -0.3 is 13.4 Å². The van der Waals surface area contributed by atoms with Crippen LogP contribution in [0.15, 0.2) is 191 Å². The van der Waals surface area contributed by atoms with Gasteiger partial charge >= 0.3 is 0 Å². The number of hydrogen-bond donors (Lipinski definition) is 0. The molecule has 0 aliphatic rings. The predicted octanol–water partition coefficient (Wildman–Crippen LogP) is 13.4. The van der Waals surface area contributed by atoms with Crippen LogP contribution in [0.3, 0.4) is 0 Å². The van der Waals surface area contributed by atoms with Gasteiger partial charge in [0.25, 0.3) is 0 Å². The van der Waals surface area contributed by atoms with Crippen LogP contribution in [-0.2, 0) is 0 Å². The van der Waals surface area contributed by atoms with Crippen molar-refractivity contribution < 1.29 is 22.5 Å². The second kappa shape index (κ2) is 12.3. The number of fused-ring (bicyclic) bond motifs is 9. The molecule has 0 saturated carbocycles. The first-order chi connectivity index (χ1) is 32.4. The Morgan fingerprint density at radius 3 is 1.88 bits per heavy atom. The quantitative estimate of drug-likeness (QED) is 0.176. The first kappa shape index (κ1) is 23.2. The monoisotopic (exact) mass is 740 g/mol. The van der Waals surface area contributed by atoms with Crippen molar-refractivity contribution in [3.63, 3.8) is 0 Å². The van der Waals surface area contributed by atoms with Gasteiger partial charge in [-0.25, -0.2) is 15.0 Å². The normalized spacial score (nSPS) is 14.3. The Kier molecular flexibility index (Phi) is 5.02. The second-order valence-corrected chi connectivity index (χ2v) is 13.7. The maximum Gasteiger partial charge on any atom is 0.164 e. The molecule has 6 heteroatoms. The summed E-state index contributed by atoms with van der Waals surface area (Å²) >= 11 is 0. The summed E-state index contributed by atoms with van der Waals surface area (Å²) in [6.45, 7) is 0.